The van der Waals surface area contributed by atoms with Crippen molar-refractivity contribution in [3.05, 3.63) is 105 Å². The molecule has 1 aliphatic heterocycles. The second kappa shape index (κ2) is 9.08. The fraction of sp³-hybridized carbons (Fsp3) is 0.192. The molecular formula is C26H23ClN4O2. The van der Waals surface area contributed by atoms with Gasteiger partial charge in [-0.2, -0.15) is 0 Å². The van der Waals surface area contributed by atoms with E-state index < -0.39 is 0 Å². The summed E-state index contributed by atoms with van der Waals surface area (Å²) in [4.78, 5) is 35.2. The number of para-hydroxylation sites is 1. The number of piperazine rings is 1. The second-order valence-corrected chi connectivity index (χ2v) is 8.49. The van der Waals surface area contributed by atoms with Gasteiger partial charge in [-0.15, -0.1) is 0 Å². The van der Waals surface area contributed by atoms with Gasteiger partial charge >= 0.3 is 0 Å². The summed E-state index contributed by atoms with van der Waals surface area (Å²) in [6.07, 6.45) is 1.67. The van der Waals surface area contributed by atoms with E-state index in [0.717, 1.165) is 16.6 Å². The van der Waals surface area contributed by atoms with E-state index in [1.54, 1.807) is 21.7 Å². The van der Waals surface area contributed by atoms with Crippen LogP contribution in [0.5, 0.6) is 0 Å². The third-order valence-electron chi connectivity index (χ3n) is 6.02. The predicted molar refractivity (Wildman–Crippen MR) is 131 cm³/mol. The number of rotatable bonds is 4. The summed E-state index contributed by atoms with van der Waals surface area (Å²) in [5.74, 6) is -0.244. The van der Waals surface area contributed by atoms with E-state index in [1.165, 1.54) is 0 Å². The number of hydrogen-bond acceptors (Lipinski definition) is 4. The van der Waals surface area contributed by atoms with E-state index in [9.17, 15) is 9.59 Å². The van der Waals surface area contributed by atoms with Crippen molar-refractivity contribution in [1.82, 2.24) is 14.5 Å². The Balaban J connectivity index is 1.44. The lowest BCUT2D eigenvalue weighted by molar-refractivity contribution is 0.0744. The van der Waals surface area contributed by atoms with E-state index in [-0.39, 0.29) is 17.0 Å². The van der Waals surface area contributed by atoms with Crippen molar-refractivity contribution in [2.24, 2.45) is 0 Å². The fourth-order valence-corrected chi connectivity index (χ4v) is 4.56. The Kier molecular flexibility index (Phi) is 5.84. The molecule has 2 aromatic heterocycles. The number of pyridine rings is 2. The summed E-state index contributed by atoms with van der Waals surface area (Å²) in [6.45, 7) is 2.71. The van der Waals surface area contributed by atoms with Crippen LogP contribution in [-0.4, -0.2) is 46.5 Å². The van der Waals surface area contributed by atoms with Gasteiger partial charge in [0.1, 0.15) is 11.2 Å². The molecule has 1 saturated heterocycles. The van der Waals surface area contributed by atoms with Crippen molar-refractivity contribution in [2.45, 2.75) is 6.54 Å². The average molecular weight is 459 g/mol. The molecule has 6 nitrogen and oxygen atoms in total. The molecule has 1 aliphatic rings. The van der Waals surface area contributed by atoms with Crippen LogP contribution in [0.25, 0.3) is 11.0 Å². The molecule has 3 heterocycles. The van der Waals surface area contributed by atoms with Crippen LogP contribution in [0.2, 0.25) is 5.02 Å². The molecule has 0 spiro atoms. The summed E-state index contributed by atoms with van der Waals surface area (Å²) < 4.78 is 1.60. The van der Waals surface area contributed by atoms with E-state index in [4.69, 9.17) is 11.6 Å². The first kappa shape index (κ1) is 21.2. The summed E-state index contributed by atoms with van der Waals surface area (Å²) in [6, 6.07) is 22.8. The third-order valence-corrected chi connectivity index (χ3v) is 6.34. The lowest BCUT2D eigenvalue weighted by atomic mass is 10.1. The number of carbonyl (C=O) groups is 1. The highest BCUT2D eigenvalue weighted by Gasteiger charge is 2.26. The van der Waals surface area contributed by atoms with Crippen molar-refractivity contribution in [3.63, 3.8) is 0 Å². The Morgan fingerprint density at radius 1 is 0.909 bits per heavy atom. The largest absolute Gasteiger partial charge is 0.367 e. The molecule has 7 heteroatoms. The van der Waals surface area contributed by atoms with Crippen LogP contribution in [-0.2, 0) is 6.54 Å². The summed E-state index contributed by atoms with van der Waals surface area (Å²) in [5, 5.41) is 1.47. The van der Waals surface area contributed by atoms with Gasteiger partial charge < -0.3 is 9.80 Å². The number of halogens is 1. The molecule has 0 bridgehead atoms. The molecule has 33 heavy (non-hydrogen) atoms. The normalized spacial score (nSPS) is 14.0. The maximum Gasteiger partial charge on any atom is 0.265 e. The minimum Gasteiger partial charge on any atom is -0.367 e. The molecule has 0 atom stereocenters. The zero-order valence-corrected chi connectivity index (χ0v) is 18.8. The lowest BCUT2D eigenvalue weighted by Crippen LogP contribution is -2.50. The number of anilines is 1. The maximum absolute atomic E-state index is 13.4. The van der Waals surface area contributed by atoms with Crippen LogP contribution in [0.3, 0.4) is 0 Å². The molecule has 4 aromatic rings. The standard InChI is InChI=1S/C26H23ClN4O2/c27-22-10-4-5-11-23(22)29-13-15-30(16-14-29)25(32)21-17-20-9-6-12-28-24(20)31(26(21)33)18-19-7-2-1-3-8-19/h1-12,17H,13-16,18H2. The van der Waals surface area contributed by atoms with Crippen LogP contribution in [0.1, 0.15) is 15.9 Å². The molecular weight excluding hydrogens is 436 g/mol. The highest BCUT2D eigenvalue weighted by molar-refractivity contribution is 6.33. The van der Waals surface area contributed by atoms with Gasteiger partial charge in [-0.25, -0.2) is 4.98 Å². The number of amides is 1. The van der Waals surface area contributed by atoms with Crippen molar-refractivity contribution < 1.29 is 4.79 Å². The first-order chi connectivity index (χ1) is 16.1. The monoisotopic (exact) mass is 458 g/mol. The third kappa shape index (κ3) is 4.22. The lowest BCUT2D eigenvalue weighted by Gasteiger charge is -2.36. The number of hydrogen-bond donors (Lipinski definition) is 0. The van der Waals surface area contributed by atoms with Crippen LogP contribution in [0.4, 0.5) is 5.69 Å². The van der Waals surface area contributed by atoms with Gasteiger partial charge in [0.2, 0.25) is 0 Å². The van der Waals surface area contributed by atoms with Gasteiger partial charge in [0.05, 0.1) is 17.3 Å². The van der Waals surface area contributed by atoms with Crippen molar-refractivity contribution in [3.8, 4) is 0 Å². The number of fused-ring (bicyclic) bond motifs is 1. The van der Waals surface area contributed by atoms with E-state index in [0.29, 0.717) is 43.4 Å². The average Bonchev–Trinajstić information content (AvgIpc) is 2.86. The molecule has 1 amide bonds. The molecule has 0 aliphatic carbocycles. The van der Waals surface area contributed by atoms with Gasteiger partial charge in [0.15, 0.2) is 0 Å². The SMILES string of the molecule is O=C(c1cc2cccnc2n(Cc2ccccc2)c1=O)N1CCN(c2ccccc2Cl)CC1. The van der Waals surface area contributed by atoms with Gasteiger partial charge in [0.25, 0.3) is 11.5 Å². The van der Waals surface area contributed by atoms with Gasteiger partial charge in [-0.1, -0.05) is 54.1 Å². The molecule has 0 N–H and O–H groups in total. The van der Waals surface area contributed by atoms with Crippen molar-refractivity contribution in [2.75, 3.05) is 31.1 Å². The van der Waals surface area contributed by atoms with Gasteiger partial charge in [-0.3, -0.25) is 14.2 Å². The van der Waals surface area contributed by atoms with Crippen LogP contribution in [0, 0.1) is 0 Å². The van der Waals surface area contributed by atoms with Crippen LogP contribution in [0.15, 0.2) is 83.8 Å². The topological polar surface area (TPSA) is 58.4 Å². The van der Waals surface area contributed by atoms with E-state index in [1.807, 2.05) is 66.7 Å². The summed E-state index contributed by atoms with van der Waals surface area (Å²) in [7, 11) is 0. The first-order valence-electron chi connectivity index (χ1n) is 10.9. The molecule has 2 aromatic carbocycles. The minimum absolute atomic E-state index is 0.178. The molecule has 1 fully saturated rings. The first-order valence-corrected chi connectivity index (χ1v) is 11.3. The smallest absolute Gasteiger partial charge is 0.265 e. The van der Waals surface area contributed by atoms with Crippen LogP contribution >= 0.6 is 11.6 Å². The Hall–Kier alpha value is -3.64. The number of nitrogens with zero attached hydrogens (tertiary/aromatic N) is 4. The molecule has 5 rings (SSSR count). The Morgan fingerprint density at radius 3 is 2.39 bits per heavy atom. The minimum atomic E-state index is -0.316. The van der Waals surface area contributed by atoms with Gasteiger partial charge in [-0.05, 0) is 35.9 Å². The summed E-state index contributed by atoms with van der Waals surface area (Å²) in [5.41, 5.74) is 2.38. The fourth-order valence-electron chi connectivity index (χ4n) is 4.30. The van der Waals surface area contributed by atoms with E-state index in [2.05, 4.69) is 9.88 Å². The number of benzene rings is 2. The summed E-state index contributed by atoms with van der Waals surface area (Å²) >= 11 is 6.34. The Bertz CT molecular complexity index is 1360. The highest BCUT2D eigenvalue weighted by Crippen LogP contribution is 2.26. The van der Waals surface area contributed by atoms with E-state index >= 15 is 0 Å². The van der Waals surface area contributed by atoms with Crippen LogP contribution < -0.4 is 10.5 Å². The Morgan fingerprint density at radius 2 is 1.64 bits per heavy atom. The second-order valence-electron chi connectivity index (χ2n) is 8.08. The zero-order valence-electron chi connectivity index (χ0n) is 18.0. The zero-order chi connectivity index (χ0) is 22.8. The molecule has 0 unspecified atom stereocenters. The molecule has 0 radical (unpaired) electrons. The Labute approximate surface area is 196 Å². The van der Waals surface area contributed by atoms with Crippen molar-refractivity contribution in [1.29, 1.82) is 0 Å². The number of carbonyl (C=O) groups excluding carboxylic acids is 1. The molecule has 0 saturated carbocycles. The number of aromatic nitrogens is 2. The molecule has 166 valence electrons. The van der Waals surface area contributed by atoms with Crippen molar-refractivity contribution >= 4 is 34.2 Å². The van der Waals surface area contributed by atoms with Gasteiger partial charge in [0, 0.05) is 37.8 Å². The predicted octanol–water partition coefficient (Wildman–Crippen LogP) is 4.06. The quantitative estimate of drug-likeness (QED) is 0.462. The maximum atomic E-state index is 13.4. The highest BCUT2D eigenvalue weighted by atomic mass is 35.5.